The highest BCUT2D eigenvalue weighted by molar-refractivity contribution is 9.10. The summed E-state index contributed by atoms with van der Waals surface area (Å²) in [5.74, 6) is -0.243. The molecule has 1 saturated heterocycles. The first-order valence-corrected chi connectivity index (χ1v) is 11.9. The molecule has 2 heterocycles. The number of benzene rings is 1. The Morgan fingerprint density at radius 3 is 2.48 bits per heavy atom. The normalized spacial score (nSPS) is 17.2. The van der Waals surface area contributed by atoms with Crippen LogP contribution in [-0.2, 0) is 16.4 Å². The first kappa shape index (κ1) is 22.4. The van der Waals surface area contributed by atoms with Gasteiger partial charge in [-0.05, 0) is 51.7 Å². The van der Waals surface area contributed by atoms with E-state index in [-0.39, 0.29) is 11.0 Å². The van der Waals surface area contributed by atoms with E-state index in [4.69, 9.17) is 11.6 Å². The lowest BCUT2D eigenvalue weighted by Crippen LogP contribution is -2.49. The molecule has 3 rings (SSSR count). The highest BCUT2D eigenvalue weighted by Gasteiger charge is 2.34. The van der Waals surface area contributed by atoms with E-state index in [1.165, 1.54) is 28.7 Å². The van der Waals surface area contributed by atoms with E-state index in [0.29, 0.717) is 36.2 Å². The molecule has 1 aliphatic heterocycles. The standard InChI is InChI=1S/C20H22BrClFN3O2S/c1-2-19(16-13-18(21)20(22)24-14-16)29(27,28)26-11-9-25(10-12-26)8-7-15-3-5-17(23)6-4-15/h2-6,13-14,19H,1,7-12H2. The van der Waals surface area contributed by atoms with Gasteiger partial charge in [0.05, 0.1) is 4.47 Å². The average molecular weight is 503 g/mol. The van der Waals surface area contributed by atoms with Crippen molar-refractivity contribution in [2.45, 2.75) is 11.7 Å². The third-order valence-corrected chi connectivity index (χ3v) is 8.33. The Morgan fingerprint density at radius 1 is 1.24 bits per heavy atom. The van der Waals surface area contributed by atoms with Gasteiger partial charge >= 0.3 is 0 Å². The highest BCUT2D eigenvalue weighted by Crippen LogP contribution is 2.31. The zero-order chi connectivity index (χ0) is 21.0. The van der Waals surface area contributed by atoms with Gasteiger partial charge < -0.3 is 4.90 Å². The molecule has 1 aromatic heterocycles. The Hall–Kier alpha value is -1.32. The maximum Gasteiger partial charge on any atom is 0.224 e. The topological polar surface area (TPSA) is 53.5 Å². The van der Waals surface area contributed by atoms with Gasteiger partial charge in [0.2, 0.25) is 10.0 Å². The molecular weight excluding hydrogens is 481 g/mol. The number of halogens is 3. The molecule has 0 amide bonds. The Labute approximate surface area is 184 Å². The van der Waals surface area contributed by atoms with Crippen LogP contribution in [-0.4, -0.2) is 55.3 Å². The van der Waals surface area contributed by atoms with Gasteiger partial charge in [0.1, 0.15) is 16.2 Å². The second-order valence-corrected chi connectivity index (χ2v) is 10.1. The number of piperazine rings is 1. The van der Waals surface area contributed by atoms with Crippen LogP contribution in [0.2, 0.25) is 5.15 Å². The number of aromatic nitrogens is 1. The van der Waals surface area contributed by atoms with Crippen LogP contribution in [0.4, 0.5) is 4.39 Å². The van der Waals surface area contributed by atoms with E-state index in [1.54, 1.807) is 18.2 Å². The van der Waals surface area contributed by atoms with Gasteiger partial charge in [-0.1, -0.05) is 29.8 Å². The van der Waals surface area contributed by atoms with Crippen molar-refractivity contribution < 1.29 is 12.8 Å². The molecule has 1 aliphatic rings. The molecule has 1 fully saturated rings. The fourth-order valence-electron chi connectivity index (χ4n) is 3.33. The SMILES string of the molecule is C=CC(c1cnc(Cl)c(Br)c1)S(=O)(=O)N1CCN(CCc2ccc(F)cc2)CC1. The Kier molecular flexibility index (Phi) is 7.45. The van der Waals surface area contributed by atoms with Crippen LogP contribution in [0.3, 0.4) is 0 Å². The summed E-state index contributed by atoms with van der Waals surface area (Å²) in [7, 11) is -3.61. The molecule has 0 saturated carbocycles. The van der Waals surface area contributed by atoms with Crippen LogP contribution >= 0.6 is 27.5 Å². The Balaban J connectivity index is 1.61. The molecule has 9 heteroatoms. The summed E-state index contributed by atoms with van der Waals surface area (Å²) >= 11 is 9.21. The summed E-state index contributed by atoms with van der Waals surface area (Å²) in [6.45, 7) is 6.64. The molecule has 29 heavy (non-hydrogen) atoms. The van der Waals surface area contributed by atoms with Crippen LogP contribution in [0.25, 0.3) is 0 Å². The van der Waals surface area contributed by atoms with Crippen molar-refractivity contribution in [1.29, 1.82) is 0 Å². The van der Waals surface area contributed by atoms with E-state index in [9.17, 15) is 12.8 Å². The number of hydrogen-bond acceptors (Lipinski definition) is 4. The van der Waals surface area contributed by atoms with Crippen molar-refractivity contribution in [1.82, 2.24) is 14.2 Å². The lowest BCUT2D eigenvalue weighted by Gasteiger charge is -2.35. The van der Waals surface area contributed by atoms with E-state index in [0.717, 1.165) is 18.5 Å². The quantitative estimate of drug-likeness (QED) is 0.423. The van der Waals surface area contributed by atoms with Crippen LogP contribution in [0.15, 0.2) is 53.7 Å². The second kappa shape index (κ2) is 9.66. The molecule has 1 unspecified atom stereocenters. The monoisotopic (exact) mass is 501 g/mol. The minimum absolute atomic E-state index is 0.243. The minimum atomic E-state index is -3.61. The third-order valence-electron chi connectivity index (χ3n) is 5.00. The maximum absolute atomic E-state index is 13.2. The van der Waals surface area contributed by atoms with Gasteiger partial charge in [-0.3, -0.25) is 0 Å². The molecule has 156 valence electrons. The predicted molar refractivity (Wildman–Crippen MR) is 117 cm³/mol. The van der Waals surface area contributed by atoms with Crippen molar-refractivity contribution >= 4 is 37.6 Å². The third kappa shape index (κ3) is 5.44. The average Bonchev–Trinajstić information content (AvgIpc) is 2.71. The summed E-state index contributed by atoms with van der Waals surface area (Å²) in [4.78, 5) is 6.25. The summed E-state index contributed by atoms with van der Waals surface area (Å²) < 4.78 is 41.4. The van der Waals surface area contributed by atoms with Gasteiger partial charge in [-0.15, -0.1) is 6.58 Å². The van der Waals surface area contributed by atoms with Crippen LogP contribution in [0, 0.1) is 5.82 Å². The van der Waals surface area contributed by atoms with E-state index in [2.05, 4.69) is 32.4 Å². The van der Waals surface area contributed by atoms with Gasteiger partial charge in [-0.2, -0.15) is 4.31 Å². The van der Waals surface area contributed by atoms with Crippen LogP contribution in [0.1, 0.15) is 16.4 Å². The van der Waals surface area contributed by atoms with Gasteiger partial charge in [0.25, 0.3) is 0 Å². The van der Waals surface area contributed by atoms with E-state index >= 15 is 0 Å². The molecule has 1 aromatic carbocycles. The smallest absolute Gasteiger partial charge is 0.224 e. The highest BCUT2D eigenvalue weighted by atomic mass is 79.9. The zero-order valence-electron chi connectivity index (χ0n) is 15.8. The second-order valence-electron chi connectivity index (χ2n) is 6.86. The minimum Gasteiger partial charge on any atom is -0.300 e. The van der Waals surface area contributed by atoms with Crippen molar-refractivity contribution in [3.8, 4) is 0 Å². The van der Waals surface area contributed by atoms with Crippen molar-refractivity contribution in [2.24, 2.45) is 0 Å². The molecule has 5 nitrogen and oxygen atoms in total. The van der Waals surface area contributed by atoms with Crippen molar-refractivity contribution in [3.63, 3.8) is 0 Å². The van der Waals surface area contributed by atoms with Crippen LogP contribution < -0.4 is 0 Å². The first-order valence-electron chi connectivity index (χ1n) is 9.20. The van der Waals surface area contributed by atoms with E-state index < -0.39 is 15.3 Å². The summed E-state index contributed by atoms with van der Waals surface area (Å²) in [6, 6.07) is 8.14. The molecule has 0 aliphatic carbocycles. The lowest BCUT2D eigenvalue weighted by atomic mass is 10.1. The first-order chi connectivity index (χ1) is 13.8. The number of sulfonamides is 1. The molecule has 0 spiro atoms. The van der Waals surface area contributed by atoms with Gasteiger partial charge in [0, 0.05) is 38.9 Å². The Morgan fingerprint density at radius 2 is 1.90 bits per heavy atom. The van der Waals surface area contributed by atoms with Crippen molar-refractivity contribution in [3.05, 3.63) is 75.8 Å². The van der Waals surface area contributed by atoms with Crippen molar-refractivity contribution in [2.75, 3.05) is 32.7 Å². The summed E-state index contributed by atoms with van der Waals surface area (Å²) in [5.41, 5.74) is 1.59. The number of nitrogens with zero attached hydrogens (tertiary/aromatic N) is 3. The summed E-state index contributed by atoms with van der Waals surface area (Å²) in [6.07, 6.45) is 3.69. The fraction of sp³-hybridized carbons (Fsp3) is 0.350. The lowest BCUT2D eigenvalue weighted by molar-refractivity contribution is 0.189. The van der Waals surface area contributed by atoms with Gasteiger partial charge in [-0.25, -0.2) is 17.8 Å². The number of rotatable bonds is 7. The molecule has 0 bridgehead atoms. The molecular formula is C20H22BrClFN3O2S. The molecule has 2 aromatic rings. The number of hydrogen-bond donors (Lipinski definition) is 0. The molecule has 0 radical (unpaired) electrons. The number of pyridine rings is 1. The van der Waals surface area contributed by atoms with Crippen LogP contribution in [0.5, 0.6) is 0 Å². The van der Waals surface area contributed by atoms with E-state index in [1.807, 2.05) is 0 Å². The zero-order valence-corrected chi connectivity index (χ0v) is 18.9. The largest absolute Gasteiger partial charge is 0.300 e. The fourth-order valence-corrected chi connectivity index (χ4v) is 5.51. The van der Waals surface area contributed by atoms with Gasteiger partial charge in [0.15, 0.2) is 0 Å². The molecule has 0 N–H and O–H groups in total. The Bertz CT molecular complexity index is 964. The molecule has 1 atom stereocenters. The maximum atomic E-state index is 13.2. The summed E-state index contributed by atoms with van der Waals surface area (Å²) in [5, 5.41) is -0.599. The predicted octanol–water partition coefficient (Wildman–Crippen LogP) is 4.05.